The largest absolute Gasteiger partial charge is 0.497 e. The number of nitrogens with one attached hydrogen (secondary N) is 2. The standard InChI is InChI=1S/C18H15Cl2N3O3S/c1-25-11-4-6-14(16(8-11)26-2)22-18-23-15(9-27-18)17(24)21-10-3-5-12(19)13(20)7-10/h3-9H,1-2H3,(H,21,24)(H,22,23). The molecule has 1 amide bonds. The Balaban J connectivity index is 1.72. The van der Waals surface area contributed by atoms with Crippen molar-refractivity contribution in [1.29, 1.82) is 0 Å². The molecule has 140 valence electrons. The zero-order chi connectivity index (χ0) is 19.4. The number of aromatic nitrogens is 1. The van der Waals surface area contributed by atoms with E-state index in [1.807, 2.05) is 6.07 Å². The summed E-state index contributed by atoms with van der Waals surface area (Å²) in [6.07, 6.45) is 0. The van der Waals surface area contributed by atoms with E-state index < -0.39 is 0 Å². The zero-order valence-corrected chi connectivity index (χ0v) is 16.7. The molecular formula is C18H15Cl2N3O3S. The van der Waals surface area contributed by atoms with Crippen LogP contribution in [-0.4, -0.2) is 25.1 Å². The maximum Gasteiger partial charge on any atom is 0.275 e. The molecule has 0 spiro atoms. The smallest absolute Gasteiger partial charge is 0.275 e. The SMILES string of the molecule is COc1ccc(Nc2nc(C(=O)Nc3ccc(Cl)c(Cl)c3)cs2)c(OC)c1. The average molecular weight is 424 g/mol. The van der Waals surface area contributed by atoms with E-state index in [0.717, 1.165) is 0 Å². The van der Waals surface area contributed by atoms with Gasteiger partial charge in [-0.25, -0.2) is 4.98 Å². The average Bonchev–Trinajstić information content (AvgIpc) is 3.14. The van der Waals surface area contributed by atoms with Crippen molar-refractivity contribution in [2.24, 2.45) is 0 Å². The fraction of sp³-hybridized carbons (Fsp3) is 0.111. The maximum atomic E-state index is 12.4. The van der Waals surface area contributed by atoms with Crippen LogP contribution in [-0.2, 0) is 0 Å². The number of ether oxygens (including phenoxy) is 2. The number of hydrogen-bond donors (Lipinski definition) is 2. The number of hydrogen-bond acceptors (Lipinski definition) is 6. The van der Waals surface area contributed by atoms with E-state index in [1.54, 1.807) is 49.9 Å². The summed E-state index contributed by atoms with van der Waals surface area (Å²) < 4.78 is 10.5. The second-order valence-electron chi connectivity index (χ2n) is 5.31. The lowest BCUT2D eigenvalue weighted by Gasteiger charge is -2.10. The van der Waals surface area contributed by atoms with Crippen LogP contribution in [0.3, 0.4) is 0 Å². The molecule has 1 aromatic heterocycles. The lowest BCUT2D eigenvalue weighted by Crippen LogP contribution is -2.12. The summed E-state index contributed by atoms with van der Waals surface area (Å²) in [6.45, 7) is 0. The molecule has 0 radical (unpaired) electrons. The van der Waals surface area contributed by atoms with Gasteiger partial charge in [0.2, 0.25) is 0 Å². The lowest BCUT2D eigenvalue weighted by molar-refractivity contribution is 0.102. The topological polar surface area (TPSA) is 72.5 Å². The molecule has 0 saturated carbocycles. The number of anilines is 3. The van der Waals surface area contributed by atoms with Crippen molar-refractivity contribution >= 4 is 57.0 Å². The number of thiazole rings is 1. The first kappa shape index (κ1) is 19.3. The van der Waals surface area contributed by atoms with Crippen molar-refractivity contribution in [3.8, 4) is 11.5 Å². The third-order valence-corrected chi connectivity index (χ3v) is 5.06. The Morgan fingerprint density at radius 2 is 1.89 bits per heavy atom. The summed E-state index contributed by atoms with van der Waals surface area (Å²) in [5.74, 6) is 0.934. The van der Waals surface area contributed by atoms with Crippen LogP contribution in [0, 0.1) is 0 Å². The van der Waals surface area contributed by atoms with Crippen molar-refractivity contribution in [2.45, 2.75) is 0 Å². The molecule has 0 saturated heterocycles. The minimum atomic E-state index is -0.348. The van der Waals surface area contributed by atoms with Crippen LogP contribution in [0.2, 0.25) is 10.0 Å². The van der Waals surface area contributed by atoms with E-state index in [4.69, 9.17) is 32.7 Å². The molecule has 0 bridgehead atoms. The first-order valence-corrected chi connectivity index (χ1v) is 9.34. The molecule has 1 heterocycles. The molecule has 6 nitrogen and oxygen atoms in total. The van der Waals surface area contributed by atoms with Crippen molar-refractivity contribution in [3.05, 3.63) is 57.5 Å². The number of methoxy groups -OCH3 is 2. The second-order valence-corrected chi connectivity index (χ2v) is 6.98. The third-order valence-electron chi connectivity index (χ3n) is 3.56. The second kappa shape index (κ2) is 8.47. The number of carbonyl (C=O) groups excluding carboxylic acids is 1. The summed E-state index contributed by atoms with van der Waals surface area (Å²) in [5.41, 5.74) is 1.53. The highest BCUT2D eigenvalue weighted by atomic mass is 35.5. The molecule has 9 heteroatoms. The zero-order valence-electron chi connectivity index (χ0n) is 14.4. The van der Waals surface area contributed by atoms with Gasteiger partial charge in [0.25, 0.3) is 5.91 Å². The molecule has 0 aliphatic carbocycles. The van der Waals surface area contributed by atoms with E-state index in [0.29, 0.717) is 38.1 Å². The normalized spacial score (nSPS) is 10.4. The highest BCUT2D eigenvalue weighted by Gasteiger charge is 2.13. The Labute approximate surface area is 170 Å². The van der Waals surface area contributed by atoms with Crippen molar-refractivity contribution in [1.82, 2.24) is 4.98 Å². The number of halogens is 2. The Hall–Kier alpha value is -2.48. The van der Waals surface area contributed by atoms with Crippen LogP contribution in [0.5, 0.6) is 11.5 Å². The van der Waals surface area contributed by atoms with Crippen LogP contribution in [0.4, 0.5) is 16.5 Å². The molecule has 0 aliphatic rings. The summed E-state index contributed by atoms with van der Waals surface area (Å²) in [4.78, 5) is 16.7. The molecule has 0 aliphatic heterocycles. The fourth-order valence-electron chi connectivity index (χ4n) is 2.22. The highest BCUT2D eigenvalue weighted by Crippen LogP contribution is 2.32. The van der Waals surface area contributed by atoms with Crippen LogP contribution >= 0.6 is 34.5 Å². The van der Waals surface area contributed by atoms with Crippen LogP contribution in [0.15, 0.2) is 41.8 Å². The van der Waals surface area contributed by atoms with Crippen molar-refractivity contribution in [3.63, 3.8) is 0 Å². The van der Waals surface area contributed by atoms with Gasteiger partial charge in [-0.1, -0.05) is 23.2 Å². The summed E-state index contributed by atoms with van der Waals surface area (Å²) >= 11 is 13.1. The van der Waals surface area contributed by atoms with Gasteiger partial charge in [-0.2, -0.15) is 0 Å². The van der Waals surface area contributed by atoms with E-state index >= 15 is 0 Å². The molecular weight excluding hydrogens is 409 g/mol. The van der Waals surface area contributed by atoms with E-state index in [-0.39, 0.29) is 11.6 Å². The highest BCUT2D eigenvalue weighted by molar-refractivity contribution is 7.14. The Bertz CT molecular complexity index is 978. The predicted molar refractivity (Wildman–Crippen MR) is 109 cm³/mol. The van der Waals surface area contributed by atoms with E-state index in [9.17, 15) is 4.79 Å². The van der Waals surface area contributed by atoms with E-state index in [1.165, 1.54) is 11.3 Å². The van der Waals surface area contributed by atoms with Gasteiger partial charge in [0, 0.05) is 17.1 Å². The van der Waals surface area contributed by atoms with Crippen LogP contribution in [0.1, 0.15) is 10.5 Å². The number of amides is 1. The van der Waals surface area contributed by atoms with Gasteiger partial charge < -0.3 is 20.1 Å². The van der Waals surface area contributed by atoms with Gasteiger partial charge in [-0.05, 0) is 30.3 Å². The number of benzene rings is 2. The van der Waals surface area contributed by atoms with Gasteiger partial charge in [-0.3, -0.25) is 4.79 Å². The van der Waals surface area contributed by atoms with E-state index in [2.05, 4.69) is 15.6 Å². The number of rotatable bonds is 6. The Morgan fingerprint density at radius 3 is 2.59 bits per heavy atom. The molecule has 27 heavy (non-hydrogen) atoms. The van der Waals surface area contributed by atoms with Crippen molar-refractivity contribution < 1.29 is 14.3 Å². The molecule has 3 rings (SSSR count). The van der Waals surface area contributed by atoms with Crippen LogP contribution < -0.4 is 20.1 Å². The monoisotopic (exact) mass is 423 g/mol. The molecule has 2 aromatic carbocycles. The molecule has 3 aromatic rings. The van der Waals surface area contributed by atoms with Gasteiger partial charge in [-0.15, -0.1) is 11.3 Å². The first-order chi connectivity index (χ1) is 13.0. The Morgan fingerprint density at radius 1 is 1.07 bits per heavy atom. The number of nitrogens with zero attached hydrogens (tertiary/aromatic N) is 1. The molecule has 0 fully saturated rings. The van der Waals surface area contributed by atoms with Crippen LogP contribution in [0.25, 0.3) is 0 Å². The summed E-state index contributed by atoms with van der Waals surface area (Å²) in [7, 11) is 3.15. The number of carbonyl (C=O) groups is 1. The molecule has 2 N–H and O–H groups in total. The van der Waals surface area contributed by atoms with Gasteiger partial charge in [0.15, 0.2) is 5.13 Å². The first-order valence-electron chi connectivity index (χ1n) is 7.71. The van der Waals surface area contributed by atoms with Crippen molar-refractivity contribution in [2.75, 3.05) is 24.9 Å². The maximum absolute atomic E-state index is 12.4. The molecule has 0 unspecified atom stereocenters. The third kappa shape index (κ3) is 4.63. The van der Waals surface area contributed by atoms with Gasteiger partial charge >= 0.3 is 0 Å². The minimum absolute atomic E-state index is 0.279. The summed E-state index contributed by atoms with van der Waals surface area (Å²) in [6, 6.07) is 10.2. The lowest BCUT2D eigenvalue weighted by atomic mass is 10.3. The quantitative estimate of drug-likeness (QED) is 0.550. The minimum Gasteiger partial charge on any atom is -0.497 e. The Kier molecular flexibility index (Phi) is 6.05. The molecule has 0 atom stereocenters. The van der Waals surface area contributed by atoms with Gasteiger partial charge in [0.05, 0.1) is 30.0 Å². The summed E-state index contributed by atoms with van der Waals surface area (Å²) in [5, 5.41) is 8.87. The predicted octanol–water partition coefficient (Wildman–Crippen LogP) is 5.46. The van der Waals surface area contributed by atoms with Gasteiger partial charge in [0.1, 0.15) is 17.2 Å². The fourth-order valence-corrected chi connectivity index (χ4v) is 3.22.